The van der Waals surface area contributed by atoms with Crippen LogP contribution in [0.5, 0.6) is 5.75 Å². The second kappa shape index (κ2) is 9.27. The van der Waals surface area contributed by atoms with Gasteiger partial charge in [-0.05, 0) is 42.7 Å². The Morgan fingerprint density at radius 1 is 1.17 bits per heavy atom. The van der Waals surface area contributed by atoms with E-state index in [0.717, 1.165) is 0 Å². The maximum Gasteiger partial charge on any atom is 0.328 e. The van der Waals surface area contributed by atoms with Crippen LogP contribution in [0.15, 0.2) is 59.5 Å². The summed E-state index contributed by atoms with van der Waals surface area (Å²) in [6.07, 6.45) is 1.06. The van der Waals surface area contributed by atoms with Gasteiger partial charge in [-0.2, -0.15) is 4.31 Å². The molecule has 2 atom stereocenters. The first-order chi connectivity index (χ1) is 14.3. The summed E-state index contributed by atoms with van der Waals surface area (Å²) in [5.41, 5.74) is 0.712. The second-order valence-electron chi connectivity index (χ2n) is 7.04. The van der Waals surface area contributed by atoms with Gasteiger partial charge in [-0.25, -0.2) is 13.2 Å². The number of hydrogen-bond acceptors (Lipinski definition) is 6. The van der Waals surface area contributed by atoms with Gasteiger partial charge in [0, 0.05) is 13.0 Å². The third-order valence-corrected chi connectivity index (χ3v) is 6.96. The molecule has 0 saturated carbocycles. The molecule has 1 heterocycles. The molecule has 1 saturated heterocycles. The summed E-state index contributed by atoms with van der Waals surface area (Å²) >= 11 is 0. The van der Waals surface area contributed by atoms with Crippen molar-refractivity contribution in [2.45, 2.75) is 36.2 Å². The van der Waals surface area contributed by atoms with Gasteiger partial charge in [0.2, 0.25) is 15.9 Å². The number of nitrogens with zero attached hydrogens (tertiary/aromatic N) is 1. The number of methoxy groups -OCH3 is 1. The predicted octanol–water partition coefficient (Wildman–Crippen LogP) is 1.45. The van der Waals surface area contributed by atoms with Gasteiger partial charge < -0.3 is 15.2 Å². The van der Waals surface area contributed by atoms with Gasteiger partial charge in [0.05, 0.1) is 12.0 Å². The lowest BCUT2D eigenvalue weighted by Gasteiger charge is -2.25. The Labute approximate surface area is 175 Å². The molecule has 1 amide bonds. The summed E-state index contributed by atoms with van der Waals surface area (Å²) in [5.74, 6) is -1.09. The van der Waals surface area contributed by atoms with Crippen LogP contribution in [0.1, 0.15) is 18.4 Å². The molecule has 3 rings (SSSR count). The van der Waals surface area contributed by atoms with E-state index in [-0.39, 0.29) is 23.6 Å². The highest BCUT2D eigenvalue weighted by molar-refractivity contribution is 7.89. The fourth-order valence-corrected chi connectivity index (χ4v) is 5.17. The summed E-state index contributed by atoms with van der Waals surface area (Å²) in [6.45, 7) is 0.232. The normalized spacial score (nSPS) is 18.0. The van der Waals surface area contributed by atoms with Gasteiger partial charge >= 0.3 is 5.97 Å². The number of amides is 1. The van der Waals surface area contributed by atoms with Crippen LogP contribution in [0.2, 0.25) is 0 Å². The third-order valence-electron chi connectivity index (χ3n) is 5.03. The van der Waals surface area contributed by atoms with Crippen molar-refractivity contribution in [3.8, 4) is 5.75 Å². The molecule has 1 aliphatic rings. The number of esters is 1. The monoisotopic (exact) mass is 432 g/mol. The Hall–Kier alpha value is -2.91. The van der Waals surface area contributed by atoms with Crippen LogP contribution in [-0.4, -0.2) is 55.4 Å². The summed E-state index contributed by atoms with van der Waals surface area (Å²) in [7, 11) is -2.61. The summed E-state index contributed by atoms with van der Waals surface area (Å²) in [5, 5.41) is 12.1. The van der Waals surface area contributed by atoms with Crippen molar-refractivity contribution in [1.82, 2.24) is 9.62 Å². The quantitative estimate of drug-likeness (QED) is 0.641. The number of benzene rings is 2. The van der Waals surface area contributed by atoms with Crippen LogP contribution in [0, 0.1) is 0 Å². The van der Waals surface area contributed by atoms with Crippen LogP contribution in [-0.2, 0) is 30.8 Å². The van der Waals surface area contributed by atoms with Gasteiger partial charge in [0.15, 0.2) is 0 Å². The average Bonchev–Trinajstić information content (AvgIpc) is 3.26. The number of rotatable bonds is 7. The van der Waals surface area contributed by atoms with E-state index in [2.05, 4.69) is 5.32 Å². The van der Waals surface area contributed by atoms with E-state index in [0.29, 0.717) is 18.4 Å². The van der Waals surface area contributed by atoms with E-state index in [1.165, 1.54) is 35.7 Å². The molecule has 8 nitrogen and oxygen atoms in total. The number of aromatic hydroxyl groups is 1. The maximum atomic E-state index is 13.0. The van der Waals surface area contributed by atoms with E-state index >= 15 is 0 Å². The molecule has 0 aliphatic carbocycles. The molecule has 30 heavy (non-hydrogen) atoms. The molecule has 0 aromatic heterocycles. The minimum absolute atomic E-state index is 0.0881. The van der Waals surface area contributed by atoms with Crippen LogP contribution >= 0.6 is 0 Å². The van der Waals surface area contributed by atoms with Crippen molar-refractivity contribution in [3.63, 3.8) is 0 Å². The number of hydrogen-bond donors (Lipinski definition) is 2. The lowest BCUT2D eigenvalue weighted by Crippen LogP contribution is -2.51. The molecular weight excluding hydrogens is 408 g/mol. The molecule has 0 bridgehead atoms. The lowest BCUT2D eigenvalue weighted by atomic mass is 10.1. The highest BCUT2D eigenvalue weighted by atomic mass is 32.2. The first kappa shape index (κ1) is 21.8. The fraction of sp³-hybridized carbons (Fsp3) is 0.333. The number of carbonyl (C=O) groups is 2. The van der Waals surface area contributed by atoms with Crippen molar-refractivity contribution >= 4 is 21.9 Å². The number of nitrogens with one attached hydrogen (secondary N) is 1. The van der Waals surface area contributed by atoms with Crippen molar-refractivity contribution in [1.29, 1.82) is 0 Å². The van der Waals surface area contributed by atoms with Crippen molar-refractivity contribution in [3.05, 3.63) is 60.2 Å². The summed E-state index contributed by atoms with van der Waals surface area (Å²) in [4.78, 5) is 25.3. The zero-order chi connectivity index (χ0) is 21.7. The van der Waals surface area contributed by atoms with Gasteiger partial charge in [-0.15, -0.1) is 0 Å². The first-order valence-electron chi connectivity index (χ1n) is 9.56. The number of ether oxygens (including phenoxy) is 1. The molecule has 0 spiro atoms. The molecule has 0 unspecified atom stereocenters. The average molecular weight is 432 g/mol. The SMILES string of the molecule is COC(=O)[C@H](Cc1ccc(O)cc1)NC(=O)[C@@H]1CCCN1S(=O)(=O)c1ccccc1. The lowest BCUT2D eigenvalue weighted by molar-refractivity contribution is -0.145. The first-order valence-corrected chi connectivity index (χ1v) is 11.0. The Kier molecular flexibility index (Phi) is 6.73. The van der Waals surface area contributed by atoms with E-state index in [1.807, 2.05) is 0 Å². The maximum absolute atomic E-state index is 13.0. The minimum Gasteiger partial charge on any atom is -0.508 e. The number of phenols is 1. The largest absolute Gasteiger partial charge is 0.508 e. The van der Waals surface area contributed by atoms with Crippen LogP contribution in [0.25, 0.3) is 0 Å². The molecule has 2 N–H and O–H groups in total. The molecule has 160 valence electrons. The molecule has 1 fully saturated rings. The van der Waals surface area contributed by atoms with Crippen molar-refractivity contribution in [2.75, 3.05) is 13.7 Å². The number of phenolic OH excluding ortho intramolecular Hbond substituents is 1. The second-order valence-corrected chi connectivity index (χ2v) is 8.93. The van der Waals surface area contributed by atoms with Crippen molar-refractivity contribution < 1.29 is 27.9 Å². The molecule has 9 heteroatoms. The van der Waals surface area contributed by atoms with Crippen LogP contribution < -0.4 is 5.32 Å². The van der Waals surface area contributed by atoms with Gasteiger partial charge in [0.1, 0.15) is 17.8 Å². The van der Waals surface area contributed by atoms with Gasteiger partial charge in [-0.3, -0.25) is 4.79 Å². The van der Waals surface area contributed by atoms with E-state index < -0.39 is 34.0 Å². The molecular formula is C21H24N2O6S. The highest BCUT2D eigenvalue weighted by Gasteiger charge is 2.40. The zero-order valence-electron chi connectivity index (χ0n) is 16.5. The van der Waals surface area contributed by atoms with Crippen molar-refractivity contribution in [2.24, 2.45) is 0 Å². The summed E-state index contributed by atoms with van der Waals surface area (Å²) in [6, 6.07) is 12.3. The Balaban J connectivity index is 1.77. The van der Waals surface area contributed by atoms with E-state index in [4.69, 9.17) is 4.74 Å². The number of sulfonamides is 1. The molecule has 0 radical (unpaired) electrons. The Morgan fingerprint density at radius 2 is 1.83 bits per heavy atom. The minimum atomic E-state index is -3.83. The molecule has 2 aromatic rings. The Bertz CT molecular complexity index is 992. The predicted molar refractivity (Wildman–Crippen MR) is 109 cm³/mol. The van der Waals surface area contributed by atoms with Crippen LogP contribution in [0.4, 0.5) is 0 Å². The topological polar surface area (TPSA) is 113 Å². The van der Waals surface area contributed by atoms with E-state index in [1.54, 1.807) is 30.3 Å². The van der Waals surface area contributed by atoms with Gasteiger partial charge in [-0.1, -0.05) is 30.3 Å². The third kappa shape index (κ3) is 4.80. The van der Waals surface area contributed by atoms with Gasteiger partial charge in [0.25, 0.3) is 0 Å². The smallest absolute Gasteiger partial charge is 0.328 e. The van der Waals surface area contributed by atoms with Crippen LogP contribution in [0.3, 0.4) is 0 Å². The highest BCUT2D eigenvalue weighted by Crippen LogP contribution is 2.26. The van der Waals surface area contributed by atoms with E-state index in [9.17, 15) is 23.1 Å². The fourth-order valence-electron chi connectivity index (χ4n) is 3.49. The number of carbonyl (C=O) groups excluding carboxylic acids is 2. The standard InChI is InChI=1S/C21H24N2O6S/c1-29-21(26)18(14-15-9-11-16(24)12-10-15)22-20(25)19-8-5-13-23(19)30(27,28)17-6-3-2-4-7-17/h2-4,6-7,9-12,18-19,24H,5,8,13-14H2,1H3,(H,22,25)/t18-,19-/m0/s1. The summed E-state index contributed by atoms with van der Waals surface area (Å²) < 4.78 is 31.9. The molecule has 1 aliphatic heterocycles. The Morgan fingerprint density at radius 3 is 2.47 bits per heavy atom. The molecule has 2 aromatic carbocycles. The zero-order valence-corrected chi connectivity index (χ0v) is 17.3.